The van der Waals surface area contributed by atoms with Crippen LogP contribution in [0.1, 0.15) is 19.4 Å². The first-order valence-electron chi connectivity index (χ1n) is 9.44. The number of hydrogen-bond acceptors (Lipinski definition) is 2. The first-order chi connectivity index (χ1) is 13.5. The van der Waals surface area contributed by atoms with Crippen LogP contribution in [0.25, 0.3) is 17.0 Å². The number of likely N-dealkylation sites (N-methyl/N-ethyl adjacent to an activating group) is 1. The summed E-state index contributed by atoms with van der Waals surface area (Å²) in [7, 11) is 1.85. The number of thiocarbonyl (C=S) groups is 1. The quantitative estimate of drug-likeness (QED) is 0.469. The van der Waals surface area contributed by atoms with Gasteiger partial charge in [0, 0.05) is 36.3 Å². The maximum absolute atomic E-state index is 13.2. The minimum Gasteiger partial charge on any atom is -0.347 e. The third-order valence-electron chi connectivity index (χ3n) is 4.95. The number of amides is 1. The molecule has 0 saturated carbocycles. The van der Waals surface area contributed by atoms with Crippen molar-refractivity contribution in [3.05, 3.63) is 72.1 Å². The zero-order valence-corrected chi connectivity index (χ0v) is 17.1. The molecule has 4 rings (SSSR count). The summed E-state index contributed by atoms with van der Waals surface area (Å²) in [6.45, 7) is 5.34. The first-order valence-corrected chi connectivity index (χ1v) is 9.85. The van der Waals surface area contributed by atoms with E-state index in [0.29, 0.717) is 16.7 Å². The second kappa shape index (κ2) is 7.24. The van der Waals surface area contributed by atoms with E-state index in [9.17, 15) is 4.79 Å². The molecule has 1 aromatic heterocycles. The molecule has 1 aliphatic rings. The minimum absolute atomic E-state index is 0.0978. The van der Waals surface area contributed by atoms with E-state index in [1.807, 2.05) is 49.5 Å². The first kappa shape index (κ1) is 18.4. The highest BCUT2D eigenvalue weighted by Crippen LogP contribution is 2.30. The summed E-state index contributed by atoms with van der Waals surface area (Å²) in [5, 5.41) is 1.63. The molecule has 142 valence electrons. The van der Waals surface area contributed by atoms with Gasteiger partial charge in [-0.1, -0.05) is 50.2 Å². The number of fused-ring (bicyclic) bond motifs is 1. The van der Waals surface area contributed by atoms with Gasteiger partial charge < -0.3 is 9.47 Å². The van der Waals surface area contributed by atoms with Gasteiger partial charge >= 0.3 is 0 Å². The Morgan fingerprint density at radius 2 is 1.71 bits per heavy atom. The van der Waals surface area contributed by atoms with E-state index >= 15 is 0 Å². The molecule has 2 heterocycles. The van der Waals surface area contributed by atoms with Crippen LogP contribution in [0.2, 0.25) is 0 Å². The van der Waals surface area contributed by atoms with Crippen LogP contribution >= 0.6 is 12.2 Å². The second-order valence-corrected chi connectivity index (χ2v) is 7.86. The van der Waals surface area contributed by atoms with Crippen LogP contribution in [0.15, 0.2) is 66.5 Å². The van der Waals surface area contributed by atoms with Gasteiger partial charge in [0.1, 0.15) is 5.70 Å². The minimum atomic E-state index is -0.0978. The number of nitrogens with zero attached hydrogens (tertiary/aromatic N) is 3. The Hall–Kier alpha value is -2.92. The van der Waals surface area contributed by atoms with Crippen LogP contribution in [0, 0.1) is 5.92 Å². The van der Waals surface area contributed by atoms with Crippen LogP contribution in [-0.4, -0.2) is 27.5 Å². The van der Waals surface area contributed by atoms with Crippen LogP contribution in [0.3, 0.4) is 0 Å². The Kier molecular flexibility index (Phi) is 4.77. The average molecular weight is 390 g/mol. The van der Waals surface area contributed by atoms with Gasteiger partial charge in [-0.25, -0.2) is 0 Å². The van der Waals surface area contributed by atoms with Crippen molar-refractivity contribution < 1.29 is 4.79 Å². The van der Waals surface area contributed by atoms with Gasteiger partial charge in [0.25, 0.3) is 5.91 Å². The number of para-hydroxylation sites is 2. The number of hydrogen-bond donors (Lipinski definition) is 0. The van der Waals surface area contributed by atoms with Crippen molar-refractivity contribution in [2.75, 3.05) is 11.9 Å². The smallest absolute Gasteiger partial charge is 0.281 e. The second-order valence-electron chi connectivity index (χ2n) is 7.50. The van der Waals surface area contributed by atoms with Crippen molar-refractivity contribution in [1.82, 2.24) is 9.47 Å². The fourth-order valence-corrected chi connectivity index (χ4v) is 3.93. The van der Waals surface area contributed by atoms with Gasteiger partial charge in [-0.2, -0.15) is 0 Å². The summed E-state index contributed by atoms with van der Waals surface area (Å²) in [5.74, 6) is 0.438. The highest BCUT2D eigenvalue weighted by Gasteiger charge is 2.36. The number of rotatable bonds is 4. The summed E-state index contributed by atoms with van der Waals surface area (Å²) in [5.41, 5.74) is 3.58. The van der Waals surface area contributed by atoms with Gasteiger partial charge in [0.15, 0.2) is 5.11 Å². The SMILES string of the molecule is CC(C)Cn1cc(/C=C2/C(=O)N(c3ccccc3)C(=S)N2C)c2ccccc21. The van der Waals surface area contributed by atoms with Crippen molar-refractivity contribution in [2.45, 2.75) is 20.4 Å². The van der Waals surface area contributed by atoms with Crippen molar-refractivity contribution in [3.8, 4) is 0 Å². The summed E-state index contributed by atoms with van der Waals surface area (Å²) in [6.07, 6.45) is 4.09. The number of benzene rings is 2. The van der Waals surface area contributed by atoms with Gasteiger partial charge in [-0.05, 0) is 42.4 Å². The topological polar surface area (TPSA) is 28.5 Å². The van der Waals surface area contributed by atoms with Gasteiger partial charge in [0.05, 0.1) is 5.69 Å². The Labute approximate surface area is 170 Å². The highest BCUT2D eigenvalue weighted by molar-refractivity contribution is 7.80. The van der Waals surface area contributed by atoms with Gasteiger partial charge in [-0.15, -0.1) is 0 Å². The van der Waals surface area contributed by atoms with E-state index in [-0.39, 0.29) is 5.91 Å². The zero-order chi connectivity index (χ0) is 19.8. The fourth-order valence-electron chi connectivity index (χ4n) is 3.64. The highest BCUT2D eigenvalue weighted by atomic mass is 32.1. The molecule has 0 atom stereocenters. The monoisotopic (exact) mass is 389 g/mol. The number of aromatic nitrogens is 1. The molecule has 1 fully saturated rings. The molecule has 1 amide bonds. The predicted molar refractivity (Wildman–Crippen MR) is 119 cm³/mol. The standard InChI is InChI=1S/C23H23N3OS/c1-16(2)14-25-15-17(19-11-7-8-12-20(19)25)13-21-22(27)26(23(28)24(21)3)18-9-5-4-6-10-18/h4-13,15-16H,14H2,1-3H3/b21-13-. The van der Waals surface area contributed by atoms with Gasteiger partial charge in [-0.3, -0.25) is 9.69 Å². The molecule has 4 nitrogen and oxygen atoms in total. The molecule has 1 aliphatic heterocycles. The third-order valence-corrected chi connectivity index (χ3v) is 5.41. The van der Waals surface area contributed by atoms with Crippen LogP contribution in [0.4, 0.5) is 5.69 Å². The number of carbonyl (C=O) groups is 1. The van der Waals surface area contributed by atoms with Crippen molar-refractivity contribution in [2.24, 2.45) is 5.92 Å². The molecule has 0 bridgehead atoms. The van der Waals surface area contributed by atoms with Gasteiger partial charge in [0.2, 0.25) is 0 Å². The van der Waals surface area contributed by atoms with E-state index in [1.165, 1.54) is 5.52 Å². The molecule has 1 saturated heterocycles. The lowest BCUT2D eigenvalue weighted by molar-refractivity contribution is -0.114. The Morgan fingerprint density at radius 1 is 1.04 bits per heavy atom. The maximum atomic E-state index is 13.2. The summed E-state index contributed by atoms with van der Waals surface area (Å²) in [4.78, 5) is 16.6. The molecule has 5 heteroatoms. The number of carbonyl (C=O) groups excluding carboxylic acids is 1. The van der Waals surface area contributed by atoms with Crippen LogP contribution < -0.4 is 4.90 Å². The molecule has 0 radical (unpaired) electrons. The molecule has 0 spiro atoms. The fraction of sp³-hybridized carbons (Fsp3) is 0.217. The van der Waals surface area contributed by atoms with E-state index in [1.54, 1.807) is 9.80 Å². The summed E-state index contributed by atoms with van der Waals surface area (Å²) >= 11 is 5.56. The lowest BCUT2D eigenvalue weighted by atomic mass is 10.1. The van der Waals surface area contributed by atoms with E-state index in [4.69, 9.17) is 12.2 Å². The lowest BCUT2D eigenvalue weighted by Gasteiger charge is -2.16. The summed E-state index contributed by atoms with van der Waals surface area (Å²) in [6, 6.07) is 17.9. The maximum Gasteiger partial charge on any atom is 0.281 e. The molecule has 0 N–H and O–H groups in total. The third kappa shape index (κ3) is 3.12. The molecule has 28 heavy (non-hydrogen) atoms. The Bertz CT molecular complexity index is 1080. The molecule has 3 aromatic rings. The molecule has 0 unspecified atom stereocenters. The van der Waals surface area contributed by atoms with E-state index < -0.39 is 0 Å². The van der Waals surface area contributed by atoms with Crippen LogP contribution in [-0.2, 0) is 11.3 Å². The zero-order valence-electron chi connectivity index (χ0n) is 16.3. The van der Waals surface area contributed by atoms with Crippen molar-refractivity contribution in [1.29, 1.82) is 0 Å². The van der Waals surface area contributed by atoms with Crippen molar-refractivity contribution in [3.63, 3.8) is 0 Å². The Morgan fingerprint density at radius 3 is 2.43 bits per heavy atom. The average Bonchev–Trinajstić information content (AvgIpc) is 3.13. The lowest BCUT2D eigenvalue weighted by Crippen LogP contribution is -2.30. The molecule has 2 aromatic carbocycles. The largest absolute Gasteiger partial charge is 0.347 e. The van der Waals surface area contributed by atoms with E-state index in [0.717, 1.165) is 23.2 Å². The molecular formula is C23H23N3OS. The van der Waals surface area contributed by atoms with E-state index in [2.05, 4.69) is 42.8 Å². The normalized spacial score (nSPS) is 16.2. The van der Waals surface area contributed by atoms with Crippen molar-refractivity contribution >= 4 is 45.9 Å². The molecule has 0 aliphatic carbocycles. The summed E-state index contributed by atoms with van der Waals surface area (Å²) < 4.78 is 2.26. The number of anilines is 1. The molecular weight excluding hydrogens is 366 g/mol. The predicted octanol–water partition coefficient (Wildman–Crippen LogP) is 4.90. The Balaban J connectivity index is 1.79. The van der Waals surface area contributed by atoms with Crippen LogP contribution in [0.5, 0.6) is 0 Å².